The number of H-pyrrole nitrogens is 1. The van der Waals surface area contributed by atoms with E-state index in [0.29, 0.717) is 5.56 Å². The molecular formula is C10H16BrN3O. The fraction of sp³-hybridized carbons (Fsp3) is 0.600. The maximum absolute atomic E-state index is 11.8. The number of rotatable bonds is 4. The summed E-state index contributed by atoms with van der Waals surface area (Å²) in [6.45, 7) is 5.84. The van der Waals surface area contributed by atoms with Crippen LogP contribution in [0.3, 0.4) is 0 Å². The Kier molecular flexibility index (Phi) is 3.90. The fourth-order valence-electron chi connectivity index (χ4n) is 1.25. The lowest BCUT2D eigenvalue weighted by molar-refractivity contribution is 0.0911. The molecule has 0 aliphatic heterocycles. The second-order valence-electron chi connectivity index (χ2n) is 4.19. The highest BCUT2D eigenvalue weighted by molar-refractivity contribution is 9.09. The molecule has 1 aromatic rings. The lowest BCUT2D eigenvalue weighted by Crippen LogP contribution is -2.43. The zero-order valence-electron chi connectivity index (χ0n) is 9.22. The number of nitrogens with zero attached hydrogens (tertiary/aromatic N) is 1. The fourth-order valence-corrected chi connectivity index (χ4v) is 2.24. The highest BCUT2D eigenvalue weighted by Crippen LogP contribution is 2.12. The van der Waals surface area contributed by atoms with Gasteiger partial charge in [0.1, 0.15) is 0 Å². The number of carbonyl (C=O) groups excluding carboxylic acids is 1. The average Bonchev–Trinajstić information content (AvgIpc) is 2.50. The number of aromatic amines is 1. The van der Waals surface area contributed by atoms with Gasteiger partial charge in [-0.1, -0.05) is 15.9 Å². The number of nitrogens with one attached hydrogen (secondary N) is 2. The average molecular weight is 274 g/mol. The van der Waals surface area contributed by atoms with Crippen LogP contribution in [-0.2, 0) is 0 Å². The third-order valence-electron chi connectivity index (χ3n) is 2.25. The van der Waals surface area contributed by atoms with Crippen LogP contribution in [0.5, 0.6) is 0 Å². The van der Waals surface area contributed by atoms with Crippen LogP contribution in [0.1, 0.15) is 36.3 Å². The van der Waals surface area contributed by atoms with Gasteiger partial charge in [-0.05, 0) is 27.2 Å². The summed E-state index contributed by atoms with van der Waals surface area (Å²) in [6.07, 6.45) is 2.44. The van der Waals surface area contributed by atoms with Gasteiger partial charge >= 0.3 is 0 Å². The maximum Gasteiger partial charge on any atom is 0.255 e. The first-order valence-corrected chi connectivity index (χ1v) is 5.97. The molecule has 4 nitrogen and oxygen atoms in total. The van der Waals surface area contributed by atoms with Gasteiger partial charge in [0.15, 0.2) is 0 Å². The van der Waals surface area contributed by atoms with Crippen molar-refractivity contribution in [1.29, 1.82) is 0 Å². The Labute approximate surface area is 98.0 Å². The van der Waals surface area contributed by atoms with Crippen molar-refractivity contribution in [2.45, 2.75) is 32.7 Å². The minimum atomic E-state index is -0.204. The van der Waals surface area contributed by atoms with Crippen molar-refractivity contribution >= 4 is 21.8 Å². The summed E-state index contributed by atoms with van der Waals surface area (Å²) in [6, 6.07) is 0. The molecule has 2 N–H and O–H groups in total. The molecule has 15 heavy (non-hydrogen) atoms. The molecule has 0 saturated carbocycles. The Morgan fingerprint density at radius 3 is 2.80 bits per heavy atom. The van der Waals surface area contributed by atoms with E-state index in [4.69, 9.17) is 0 Å². The van der Waals surface area contributed by atoms with E-state index in [1.54, 1.807) is 6.20 Å². The van der Waals surface area contributed by atoms with Gasteiger partial charge in [0.05, 0.1) is 11.8 Å². The van der Waals surface area contributed by atoms with Crippen molar-refractivity contribution in [2.75, 3.05) is 5.33 Å². The predicted molar refractivity (Wildman–Crippen MR) is 63.3 cm³/mol. The highest BCUT2D eigenvalue weighted by atomic mass is 79.9. The molecule has 0 aliphatic carbocycles. The van der Waals surface area contributed by atoms with Crippen LogP contribution in [0.4, 0.5) is 0 Å². The third kappa shape index (κ3) is 3.34. The van der Waals surface area contributed by atoms with Gasteiger partial charge in [-0.25, -0.2) is 0 Å². The van der Waals surface area contributed by atoms with Crippen LogP contribution in [0.25, 0.3) is 0 Å². The van der Waals surface area contributed by atoms with E-state index in [9.17, 15) is 4.79 Å². The number of amides is 1. The normalized spacial score (nSPS) is 11.5. The summed E-state index contributed by atoms with van der Waals surface area (Å²) in [4.78, 5) is 11.8. The quantitative estimate of drug-likeness (QED) is 0.825. The topological polar surface area (TPSA) is 57.8 Å². The molecule has 1 aromatic heterocycles. The second kappa shape index (κ2) is 4.79. The first-order valence-electron chi connectivity index (χ1n) is 4.85. The first kappa shape index (κ1) is 12.2. The molecule has 84 valence electrons. The smallest absolute Gasteiger partial charge is 0.255 e. The lowest BCUT2D eigenvalue weighted by Gasteiger charge is -2.25. The monoisotopic (exact) mass is 273 g/mol. The van der Waals surface area contributed by atoms with E-state index in [0.717, 1.165) is 17.4 Å². The van der Waals surface area contributed by atoms with Gasteiger partial charge in [0.2, 0.25) is 0 Å². The van der Waals surface area contributed by atoms with Gasteiger partial charge in [-0.2, -0.15) is 5.10 Å². The standard InChI is InChI=1S/C10H16BrN3O/c1-7-8(6-12-14-7)9(15)13-10(2,3)4-5-11/h6H,4-5H2,1-3H3,(H,12,14)(H,13,15). The van der Waals surface area contributed by atoms with Crippen molar-refractivity contribution in [1.82, 2.24) is 15.5 Å². The van der Waals surface area contributed by atoms with Crippen LogP contribution < -0.4 is 5.32 Å². The Morgan fingerprint density at radius 2 is 2.33 bits per heavy atom. The molecule has 0 aliphatic rings. The summed E-state index contributed by atoms with van der Waals surface area (Å²) in [5, 5.41) is 10.4. The molecule has 0 unspecified atom stereocenters. The zero-order valence-corrected chi connectivity index (χ0v) is 10.8. The summed E-state index contributed by atoms with van der Waals surface area (Å²) in [5.41, 5.74) is 1.20. The minimum absolute atomic E-state index is 0.0767. The maximum atomic E-state index is 11.8. The molecule has 0 aromatic carbocycles. The second-order valence-corrected chi connectivity index (χ2v) is 4.98. The van der Waals surface area contributed by atoms with Gasteiger partial charge in [-0.3, -0.25) is 9.89 Å². The number of aromatic nitrogens is 2. The van der Waals surface area contributed by atoms with Crippen molar-refractivity contribution in [3.05, 3.63) is 17.5 Å². The zero-order chi connectivity index (χ0) is 11.5. The first-order chi connectivity index (χ1) is 6.96. The Balaban J connectivity index is 2.68. The third-order valence-corrected chi connectivity index (χ3v) is 2.64. The van der Waals surface area contributed by atoms with E-state index in [-0.39, 0.29) is 11.4 Å². The number of halogens is 1. The molecule has 0 bridgehead atoms. The number of hydrogen-bond donors (Lipinski definition) is 2. The highest BCUT2D eigenvalue weighted by Gasteiger charge is 2.21. The predicted octanol–water partition coefficient (Wildman–Crippen LogP) is 2.01. The molecule has 0 atom stereocenters. The SMILES string of the molecule is Cc1[nH]ncc1C(=O)NC(C)(C)CCBr. The Morgan fingerprint density at radius 1 is 1.67 bits per heavy atom. The molecule has 0 radical (unpaired) electrons. The van der Waals surface area contributed by atoms with E-state index in [1.807, 2.05) is 20.8 Å². The Bertz CT molecular complexity index is 346. The summed E-state index contributed by atoms with van der Waals surface area (Å²) in [7, 11) is 0. The molecule has 1 rings (SSSR count). The molecule has 0 spiro atoms. The van der Waals surface area contributed by atoms with E-state index in [1.165, 1.54) is 0 Å². The number of hydrogen-bond acceptors (Lipinski definition) is 2. The minimum Gasteiger partial charge on any atom is -0.347 e. The van der Waals surface area contributed by atoms with Crippen molar-refractivity contribution in [3.63, 3.8) is 0 Å². The van der Waals surface area contributed by atoms with Crippen LogP contribution >= 0.6 is 15.9 Å². The van der Waals surface area contributed by atoms with Crippen molar-refractivity contribution in [3.8, 4) is 0 Å². The molecule has 0 fully saturated rings. The van der Waals surface area contributed by atoms with Crippen LogP contribution in [-0.4, -0.2) is 27.0 Å². The molecule has 1 heterocycles. The van der Waals surface area contributed by atoms with Crippen LogP contribution in [0.15, 0.2) is 6.20 Å². The number of carbonyl (C=O) groups is 1. The lowest BCUT2D eigenvalue weighted by atomic mass is 10.0. The van der Waals surface area contributed by atoms with Gasteiger partial charge in [-0.15, -0.1) is 0 Å². The van der Waals surface area contributed by atoms with Gasteiger partial charge < -0.3 is 5.32 Å². The van der Waals surface area contributed by atoms with Crippen LogP contribution in [0.2, 0.25) is 0 Å². The summed E-state index contributed by atoms with van der Waals surface area (Å²) >= 11 is 3.37. The molecule has 1 amide bonds. The largest absolute Gasteiger partial charge is 0.347 e. The van der Waals surface area contributed by atoms with Crippen LogP contribution in [0, 0.1) is 6.92 Å². The van der Waals surface area contributed by atoms with Gasteiger partial charge in [0, 0.05) is 16.6 Å². The Hall–Kier alpha value is -0.840. The molecule has 5 heteroatoms. The molecule has 0 saturated heterocycles. The van der Waals surface area contributed by atoms with Gasteiger partial charge in [0.25, 0.3) is 5.91 Å². The number of alkyl halides is 1. The van der Waals surface area contributed by atoms with E-state index in [2.05, 4.69) is 31.4 Å². The van der Waals surface area contributed by atoms with Crippen molar-refractivity contribution in [2.24, 2.45) is 0 Å². The summed E-state index contributed by atoms with van der Waals surface area (Å²) in [5.74, 6) is -0.0767. The number of aryl methyl sites for hydroxylation is 1. The molecular weight excluding hydrogens is 258 g/mol. The van der Waals surface area contributed by atoms with Crippen molar-refractivity contribution < 1.29 is 4.79 Å². The van der Waals surface area contributed by atoms with E-state index < -0.39 is 0 Å². The van der Waals surface area contributed by atoms with E-state index >= 15 is 0 Å². The summed E-state index contributed by atoms with van der Waals surface area (Å²) < 4.78 is 0.